The summed E-state index contributed by atoms with van der Waals surface area (Å²) in [6.07, 6.45) is -0.678. The SMILES string of the molecule is CC(=O)N[C@@H]1[C@@H](OCc2ccccc2)[C@@H](OCc2ccccc2)[C@@H](COCc2ccccc2)O[C@@H]1c1cn(CCOCCOCCN)nn1. The molecule has 1 aromatic heterocycles. The van der Waals surface area contributed by atoms with Crippen molar-refractivity contribution in [3.05, 3.63) is 120 Å². The third kappa shape index (κ3) is 11.5. The normalized spacial score (nSPS) is 20.7. The van der Waals surface area contributed by atoms with E-state index < -0.39 is 30.5 Å². The lowest BCUT2D eigenvalue weighted by atomic mass is 9.90. The summed E-state index contributed by atoms with van der Waals surface area (Å²) in [7, 11) is 0. The van der Waals surface area contributed by atoms with Gasteiger partial charge in [0.1, 0.15) is 30.1 Å². The van der Waals surface area contributed by atoms with Crippen LogP contribution in [0, 0.1) is 0 Å². The van der Waals surface area contributed by atoms with E-state index in [0.717, 1.165) is 16.7 Å². The van der Waals surface area contributed by atoms with Gasteiger partial charge in [0.2, 0.25) is 5.91 Å². The molecule has 0 radical (unpaired) electrons. The molecular weight excluding hydrogens is 626 g/mol. The Hall–Kier alpha value is -4.01. The molecule has 12 nitrogen and oxygen atoms in total. The van der Waals surface area contributed by atoms with Crippen LogP contribution in [0.1, 0.15) is 35.4 Å². The van der Waals surface area contributed by atoms with Gasteiger partial charge < -0.3 is 39.5 Å². The molecule has 262 valence electrons. The van der Waals surface area contributed by atoms with E-state index in [1.165, 1.54) is 6.92 Å². The van der Waals surface area contributed by atoms with E-state index in [0.29, 0.717) is 65.0 Å². The molecule has 1 aliphatic heterocycles. The number of carbonyl (C=O) groups is 1. The van der Waals surface area contributed by atoms with Gasteiger partial charge in [-0.15, -0.1) is 5.10 Å². The summed E-state index contributed by atoms with van der Waals surface area (Å²) in [6, 6.07) is 29.1. The fraction of sp³-hybridized carbons (Fsp3) is 0.432. The highest BCUT2D eigenvalue weighted by Gasteiger charge is 2.49. The predicted molar refractivity (Wildman–Crippen MR) is 182 cm³/mol. The second kappa shape index (κ2) is 19.9. The van der Waals surface area contributed by atoms with Crippen LogP contribution >= 0.6 is 0 Å². The first-order valence-electron chi connectivity index (χ1n) is 16.7. The van der Waals surface area contributed by atoms with Crippen LogP contribution in [-0.4, -0.2) is 84.8 Å². The Balaban J connectivity index is 1.39. The maximum absolute atomic E-state index is 12.7. The van der Waals surface area contributed by atoms with Gasteiger partial charge in [-0.1, -0.05) is 96.2 Å². The molecule has 5 atom stereocenters. The highest BCUT2D eigenvalue weighted by molar-refractivity contribution is 5.73. The van der Waals surface area contributed by atoms with Crippen molar-refractivity contribution in [1.29, 1.82) is 0 Å². The van der Waals surface area contributed by atoms with Crippen LogP contribution in [0.4, 0.5) is 0 Å². The number of rotatable bonds is 20. The molecule has 0 bridgehead atoms. The number of ether oxygens (including phenoxy) is 6. The Morgan fingerprint density at radius 3 is 1.94 bits per heavy atom. The van der Waals surface area contributed by atoms with Gasteiger partial charge in [0.25, 0.3) is 0 Å². The van der Waals surface area contributed by atoms with Crippen molar-refractivity contribution in [1.82, 2.24) is 20.3 Å². The van der Waals surface area contributed by atoms with Crippen molar-refractivity contribution >= 4 is 5.91 Å². The average Bonchev–Trinajstić information content (AvgIpc) is 3.60. The molecular formula is C37H47N5O7. The first-order valence-corrected chi connectivity index (χ1v) is 16.7. The maximum atomic E-state index is 12.7. The molecule has 0 unspecified atom stereocenters. The Bertz CT molecular complexity index is 1490. The molecule has 2 heterocycles. The van der Waals surface area contributed by atoms with Gasteiger partial charge in [-0.2, -0.15) is 0 Å². The van der Waals surface area contributed by atoms with E-state index in [4.69, 9.17) is 34.2 Å². The lowest BCUT2D eigenvalue weighted by Gasteiger charge is -2.46. The summed E-state index contributed by atoms with van der Waals surface area (Å²) in [5.74, 6) is -0.231. The number of nitrogens with zero attached hydrogens (tertiary/aromatic N) is 3. The summed E-state index contributed by atoms with van der Waals surface area (Å²) in [5.41, 5.74) is 9.05. The number of amides is 1. The van der Waals surface area contributed by atoms with E-state index in [9.17, 15) is 4.79 Å². The van der Waals surface area contributed by atoms with Crippen molar-refractivity contribution in [2.75, 3.05) is 39.6 Å². The van der Waals surface area contributed by atoms with E-state index in [1.54, 1.807) is 4.68 Å². The number of aromatic nitrogens is 3. The van der Waals surface area contributed by atoms with Gasteiger partial charge in [0.15, 0.2) is 0 Å². The highest BCUT2D eigenvalue weighted by Crippen LogP contribution is 2.36. The second-order valence-electron chi connectivity index (χ2n) is 11.8. The fourth-order valence-corrected chi connectivity index (χ4v) is 5.64. The molecule has 49 heavy (non-hydrogen) atoms. The molecule has 3 N–H and O–H groups in total. The minimum absolute atomic E-state index is 0.219. The third-order valence-electron chi connectivity index (χ3n) is 7.97. The molecule has 1 fully saturated rings. The van der Waals surface area contributed by atoms with Crippen LogP contribution in [-0.2, 0) is 59.6 Å². The quantitative estimate of drug-likeness (QED) is 0.134. The molecule has 0 saturated carbocycles. The molecule has 1 saturated heterocycles. The van der Waals surface area contributed by atoms with Gasteiger partial charge in [0.05, 0.1) is 71.6 Å². The van der Waals surface area contributed by atoms with Gasteiger partial charge in [0, 0.05) is 13.5 Å². The van der Waals surface area contributed by atoms with E-state index >= 15 is 0 Å². The van der Waals surface area contributed by atoms with Gasteiger partial charge in [-0.3, -0.25) is 4.79 Å². The van der Waals surface area contributed by atoms with Crippen LogP contribution in [0.15, 0.2) is 97.2 Å². The molecule has 0 spiro atoms. The third-order valence-corrected chi connectivity index (χ3v) is 7.97. The van der Waals surface area contributed by atoms with E-state index in [-0.39, 0.29) is 12.5 Å². The Morgan fingerprint density at radius 2 is 1.35 bits per heavy atom. The summed E-state index contributed by atoms with van der Waals surface area (Å²) in [5, 5.41) is 11.9. The maximum Gasteiger partial charge on any atom is 0.217 e. The number of hydrogen-bond donors (Lipinski definition) is 2. The number of nitrogens with two attached hydrogens (primary N) is 1. The molecule has 12 heteroatoms. The first kappa shape index (κ1) is 36.3. The fourth-order valence-electron chi connectivity index (χ4n) is 5.64. The lowest BCUT2D eigenvalue weighted by molar-refractivity contribution is -0.235. The van der Waals surface area contributed by atoms with Crippen molar-refractivity contribution in [2.45, 2.75) is 63.7 Å². The zero-order valence-corrected chi connectivity index (χ0v) is 28.0. The summed E-state index contributed by atoms with van der Waals surface area (Å²) in [6.45, 7) is 5.51. The average molecular weight is 674 g/mol. The van der Waals surface area contributed by atoms with Crippen molar-refractivity contribution in [3.8, 4) is 0 Å². The van der Waals surface area contributed by atoms with Crippen molar-refractivity contribution < 1.29 is 33.2 Å². The molecule has 1 amide bonds. The predicted octanol–water partition coefficient (Wildman–Crippen LogP) is 3.60. The standard InChI is InChI=1S/C37H47N5O7/c1-28(43)39-34-35(32-23-42(41-40-32)18-20-45-22-21-44-19-17-38)49-33(27-46-24-29-11-5-2-6-12-29)36(47-25-30-13-7-3-8-14-30)37(34)48-26-31-15-9-4-10-16-31/h2-16,23,33-37H,17-22,24-27,38H2,1H3,(H,39,43)/t33-,34+,35-,36+,37-/m1/s1. The highest BCUT2D eigenvalue weighted by atomic mass is 16.6. The summed E-state index contributed by atoms with van der Waals surface area (Å²) >= 11 is 0. The van der Waals surface area contributed by atoms with Crippen LogP contribution < -0.4 is 11.1 Å². The smallest absolute Gasteiger partial charge is 0.217 e. The zero-order valence-electron chi connectivity index (χ0n) is 28.0. The molecule has 0 aliphatic carbocycles. The minimum Gasteiger partial charge on any atom is -0.378 e. The topological polar surface area (TPSA) is 141 Å². The van der Waals surface area contributed by atoms with Crippen LogP contribution in [0.5, 0.6) is 0 Å². The number of carbonyl (C=O) groups excluding carboxylic acids is 1. The Kier molecular flexibility index (Phi) is 14.7. The number of hydrogen-bond acceptors (Lipinski definition) is 10. The minimum atomic E-state index is -0.703. The van der Waals surface area contributed by atoms with Crippen LogP contribution in [0.25, 0.3) is 0 Å². The lowest BCUT2D eigenvalue weighted by Crippen LogP contribution is -2.62. The number of nitrogens with one attached hydrogen (secondary N) is 1. The van der Waals surface area contributed by atoms with Crippen LogP contribution in [0.2, 0.25) is 0 Å². The second-order valence-corrected chi connectivity index (χ2v) is 11.8. The summed E-state index contributed by atoms with van der Waals surface area (Å²) < 4.78 is 39.1. The monoisotopic (exact) mass is 673 g/mol. The van der Waals surface area contributed by atoms with E-state index in [2.05, 4.69) is 15.6 Å². The first-order chi connectivity index (χ1) is 24.1. The Labute approximate surface area is 287 Å². The molecule has 4 aromatic rings. The largest absolute Gasteiger partial charge is 0.378 e. The Morgan fingerprint density at radius 1 is 0.776 bits per heavy atom. The number of benzene rings is 3. The summed E-state index contributed by atoms with van der Waals surface area (Å²) in [4.78, 5) is 12.7. The van der Waals surface area contributed by atoms with Crippen molar-refractivity contribution in [2.24, 2.45) is 5.73 Å². The van der Waals surface area contributed by atoms with E-state index in [1.807, 2.05) is 97.2 Å². The van der Waals surface area contributed by atoms with Gasteiger partial charge in [-0.25, -0.2) is 4.68 Å². The van der Waals surface area contributed by atoms with Gasteiger partial charge >= 0.3 is 0 Å². The van der Waals surface area contributed by atoms with Crippen molar-refractivity contribution in [3.63, 3.8) is 0 Å². The molecule has 1 aliphatic rings. The molecule has 3 aromatic carbocycles. The van der Waals surface area contributed by atoms with Crippen LogP contribution in [0.3, 0.4) is 0 Å². The zero-order chi connectivity index (χ0) is 34.1. The molecule has 5 rings (SSSR count). The van der Waals surface area contributed by atoms with Gasteiger partial charge in [-0.05, 0) is 16.7 Å².